The molecule has 0 bridgehead atoms. The van der Waals surface area contributed by atoms with Crippen LogP contribution in [0.4, 0.5) is 4.79 Å². The van der Waals surface area contributed by atoms with E-state index in [4.69, 9.17) is 14.0 Å². The maximum Gasteiger partial charge on any atom is 0.408 e. The van der Waals surface area contributed by atoms with Crippen molar-refractivity contribution in [3.63, 3.8) is 0 Å². The fourth-order valence-electron chi connectivity index (χ4n) is 3.59. The standard InChI is InChI=1S/C29H41N4O8P/c1-4-5-18-31-42(38,39-3)21-30-27(35)22(2)32-26(34)17-16-25(28(36)40-19-23-12-8-6-9-13-23)33-29(37)41-20-24-14-10-7-11-15-24/h6-15,22,25H,4-5,16-21H2,1-3H3,(H,30,35)(H,31,38)(H,32,34)(H,33,37)/t22-,25-,42?/m0/s1. The Hall–Kier alpha value is -3.73. The van der Waals surface area contributed by atoms with Crippen molar-refractivity contribution in [1.29, 1.82) is 0 Å². The number of ether oxygens (including phenoxy) is 2. The van der Waals surface area contributed by atoms with Gasteiger partial charge in [0, 0.05) is 20.1 Å². The van der Waals surface area contributed by atoms with E-state index in [1.807, 2.05) is 19.1 Å². The summed E-state index contributed by atoms with van der Waals surface area (Å²) in [5, 5.41) is 10.4. The molecule has 0 aliphatic heterocycles. The molecule has 230 valence electrons. The molecule has 12 nitrogen and oxygen atoms in total. The SMILES string of the molecule is CCCCNP(=O)(CNC(=O)[C@H](C)NC(=O)CC[C@H](NC(=O)OCc1ccccc1)C(=O)OCc1ccccc1)OC. The van der Waals surface area contributed by atoms with E-state index in [0.29, 0.717) is 6.54 Å². The number of benzene rings is 2. The van der Waals surface area contributed by atoms with E-state index in [9.17, 15) is 23.7 Å². The molecule has 0 aliphatic carbocycles. The molecule has 0 radical (unpaired) electrons. The lowest BCUT2D eigenvalue weighted by molar-refractivity contribution is -0.147. The number of carbonyl (C=O) groups is 4. The van der Waals surface area contributed by atoms with Crippen LogP contribution in [-0.2, 0) is 46.2 Å². The number of rotatable bonds is 18. The Bertz CT molecular complexity index is 1180. The summed E-state index contributed by atoms with van der Waals surface area (Å²) in [6.45, 7) is 3.93. The smallest absolute Gasteiger partial charge is 0.408 e. The van der Waals surface area contributed by atoms with Crippen molar-refractivity contribution in [2.24, 2.45) is 0 Å². The maximum absolute atomic E-state index is 12.8. The first kappa shape index (κ1) is 34.5. The van der Waals surface area contributed by atoms with E-state index in [0.717, 1.165) is 24.0 Å². The molecule has 42 heavy (non-hydrogen) atoms. The number of hydrogen-bond donors (Lipinski definition) is 4. The second-order valence-corrected chi connectivity index (χ2v) is 11.8. The van der Waals surface area contributed by atoms with Gasteiger partial charge in [-0.2, -0.15) is 0 Å². The zero-order valence-electron chi connectivity index (χ0n) is 24.3. The number of alkyl carbamates (subject to hydrolysis) is 1. The second kappa shape index (κ2) is 18.7. The fraction of sp³-hybridized carbons (Fsp3) is 0.448. The van der Waals surface area contributed by atoms with Crippen LogP contribution in [-0.4, -0.2) is 55.9 Å². The summed E-state index contributed by atoms with van der Waals surface area (Å²) in [7, 11) is -1.97. The Balaban J connectivity index is 1.90. The van der Waals surface area contributed by atoms with Crippen LogP contribution in [0.3, 0.4) is 0 Å². The van der Waals surface area contributed by atoms with Crippen LogP contribution < -0.4 is 21.0 Å². The molecule has 0 aliphatic rings. The summed E-state index contributed by atoms with van der Waals surface area (Å²) in [6, 6.07) is 15.9. The Morgan fingerprint density at radius 3 is 2.05 bits per heavy atom. The number of carbonyl (C=O) groups excluding carboxylic acids is 4. The van der Waals surface area contributed by atoms with Crippen LogP contribution in [0.25, 0.3) is 0 Å². The first-order valence-electron chi connectivity index (χ1n) is 13.8. The van der Waals surface area contributed by atoms with E-state index >= 15 is 0 Å². The Morgan fingerprint density at radius 2 is 1.48 bits per heavy atom. The van der Waals surface area contributed by atoms with Gasteiger partial charge >= 0.3 is 12.1 Å². The number of hydrogen-bond acceptors (Lipinski definition) is 8. The van der Waals surface area contributed by atoms with Crippen LogP contribution >= 0.6 is 7.52 Å². The highest BCUT2D eigenvalue weighted by molar-refractivity contribution is 7.56. The number of amides is 3. The molecule has 2 aromatic carbocycles. The number of nitrogens with one attached hydrogen (secondary N) is 4. The van der Waals surface area contributed by atoms with Crippen LogP contribution in [0.1, 0.15) is 50.7 Å². The molecule has 2 aromatic rings. The summed E-state index contributed by atoms with van der Waals surface area (Å²) in [4.78, 5) is 50.4. The Labute approximate surface area is 246 Å². The molecular weight excluding hydrogens is 563 g/mol. The molecule has 2 rings (SSSR count). The minimum absolute atomic E-state index is 0.00427. The fourth-order valence-corrected chi connectivity index (χ4v) is 4.82. The van der Waals surface area contributed by atoms with Crippen LogP contribution in [0.5, 0.6) is 0 Å². The maximum atomic E-state index is 12.8. The van der Waals surface area contributed by atoms with Crippen molar-refractivity contribution in [1.82, 2.24) is 21.0 Å². The first-order valence-corrected chi connectivity index (χ1v) is 15.6. The lowest BCUT2D eigenvalue weighted by Gasteiger charge is -2.20. The van der Waals surface area contributed by atoms with E-state index in [2.05, 4.69) is 21.0 Å². The van der Waals surface area contributed by atoms with Gasteiger partial charge in [-0.05, 0) is 30.9 Å². The van der Waals surface area contributed by atoms with Crippen LogP contribution in [0, 0.1) is 0 Å². The quantitative estimate of drug-likeness (QED) is 0.113. The lowest BCUT2D eigenvalue weighted by Crippen LogP contribution is -2.46. The monoisotopic (exact) mass is 604 g/mol. The third-order valence-electron chi connectivity index (χ3n) is 6.08. The summed E-state index contributed by atoms with van der Waals surface area (Å²) in [6.07, 6.45) is 0.321. The van der Waals surface area contributed by atoms with Crippen LogP contribution in [0.15, 0.2) is 60.7 Å². The van der Waals surface area contributed by atoms with Crippen molar-refractivity contribution in [2.45, 2.75) is 64.8 Å². The summed E-state index contributed by atoms with van der Waals surface area (Å²) in [5.41, 5.74) is 1.52. The molecule has 0 saturated heterocycles. The van der Waals surface area contributed by atoms with Crippen molar-refractivity contribution >= 4 is 31.4 Å². The zero-order valence-corrected chi connectivity index (χ0v) is 25.2. The highest BCUT2D eigenvalue weighted by atomic mass is 31.2. The average molecular weight is 605 g/mol. The molecule has 0 aromatic heterocycles. The average Bonchev–Trinajstić information content (AvgIpc) is 3.00. The van der Waals surface area contributed by atoms with Gasteiger partial charge in [-0.25, -0.2) is 14.7 Å². The van der Waals surface area contributed by atoms with Gasteiger partial charge in [0.2, 0.25) is 11.8 Å². The van der Waals surface area contributed by atoms with Crippen LogP contribution in [0.2, 0.25) is 0 Å². The third kappa shape index (κ3) is 13.3. The molecule has 0 heterocycles. The molecule has 0 fully saturated rings. The molecule has 3 atom stereocenters. The van der Waals surface area contributed by atoms with Gasteiger partial charge < -0.3 is 29.9 Å². The lowest BCUT2D eigenvalue weighted by atomic mass is 10.1. The highest BCUT2D eigenvalue weighted by Crippen LogP contribution is 2.39. The van der Waals surface area contributed by atoms with Gasteiger partial charge in [-0.15, -0.1) is 0 Å². The molecule has 3 amide bonds. The van der Waals surface area contributed by atoms with E-state index in [1.54, 1.807) is 48.5 Å². The van der Waals surface area contributed by atoms with E-state index in [1.165, 1.54) is 14.0 Å². The normalized spacial score (nSPS) is 13.6. The Morgan fingerprint density at radius 1 is 0.881 bits per heavy atom. The summed E-state index contributed by atoms with van der Waals surface area (Å²) < 4.78 is 28.3. The molecule has 4 N–H and O–H groups in total. The number of esters is 1. The van der Waals surface area contributed by atoms with Gasteiger partial charge in [0.1, 0.15) is 31.6 Å². The van der Waals surface area contributed by atoms with Gasteiger partial charge in [0.25, 0.3) is 7.52 Å². The van der Waals surface area contributed by atoms with Gasteiger partial charge in [-0.1, -0.05) is 74.0 Å². The van der Waals surface area contributed by atoms with Crippen molar-refractivity contribution in [3.05, 3.63) is 71.8 Å². The minimum Gasteiger partial charge on any atom is -0.459 e. The van der Waals surface area contributed by atoms with Gasteiger partial charge in [0.15, 0.2) is 0 Å². The first-order chi connectivity index (χ1) is 20.2. The molecular formula is C29H41N4O8P. The molecule has 13 heteroatoms. The van der Waals surface area contributed by atoms with Gasteiger partial charge in [0.05, 0.1) is 0 Å². The molecule has 0 saturated carbocycles. The van der Waals surface area contributed by atoms with E-state index in [-0.39, 0.29) is 32.3 Å². The zero-order chi connectivity index (χ0) is 30.8. The molecule has 0 spiro atoms. The minimum atomic E-state index is -3.26. The van der Waals surface area contributed by atoms with Crippen molar-refractivity contribution < 1.29 is 37.7 Å². The molecule has 1 unspecified atom stereocenters. The van der Waals surface area contributed by atoms with Crippen molar-refractivity contribution in [2.75, 3.05) is 19.9 Å². The second-order valence-electron chi connectivity index (χ2n) is 9.50. The topological polar surface area (TPSA) is 161 Å². The van der Waals surface area contributed by atoms with E-state index < -0.39 is 43.5 Å². The largest absolute Gasteiger partial charge is 0.459 e. The summed E-state index contributed by atoms with van der Waals surface area (Å²) in [5.74, 6) is -1.83. The Kier molecular flexibility index (Phi) is 15.3. The highest BCUT2D eigenvalue weighted by Gasteiger charge is 2.26. The summed E-state index contributed by atoms with van der Waals surface area (Å²) >= 11 is 0. The third-order valence-corrected chi connectivity index (χ3v) is 7.95. The number of unbranched alkanes of at least 4 members (excludes halogenated alkanes) is 1. The predicted molar refractivity (Wildman–Crippen MR) is 157 cm³/mol. The predicted octanol–water partition coefficient (Wildman–Crippen LogP) is 3.61. The van der Waals surface area contributed by atoms with Gasteiger partial charge in [-0.3, -0.25) is 14.2 Å². The van der Waals surface area contributed by atoms with Crippen molar-refractivity contribution in [3.8, 4) is 0 Å².